The zero-order valence-corrected chi connectivity index (χ0v) is 14.1. The quantitative estimate of drug-likeness (QED) is 0.811. The van der Waals surface area contributed by atoms with Crippen LogP contribution in [0.5, 0.6) is 0 Å². The first-order valence-electron chi connectivity index (χ1n) is 7.40. The molecule has 1 saturated heterocycles. The molecule has 0 aliphatic carbocycles. The van der Waals surface area contributed by atoms with Gasteiger partial charge in [0, 0.05) is 24.0 Å². The molecule has 1 aliphatic rings. The van der Waals surface area contributed by atoms with E-state index in [-0.39, 0.29) is 18.3 Å². The predicted octanol–water partition coefficient (Wildman–Crippen LogP) is 3.29. The lowest BCUT2D eigenvalue weighted by Crippen LogP contribution is -2.37. The van der Waals surface area contributed by atoms with E-state index in [1.165, 1.54) is 0 Å². The number of rotatable bonds is 6. The molecule has 1 aromatic rings. The number of nitrogens with zero attached hydrogens (tertiary/aromatic N) is 1. The first kappa shape index (κ1) is 18.3. The number of likely N-dealkylation sites (tertiary alicyclic amines) is 1. The number of halogens is 2. The predicted molar refractivity (Wildman–Crippen MR) is 90.3 cm³/mol. The van der Waals surface area contributed by atoms with Gasteiger partial charge in [0.15, 0.2) is 0 Å². The molecule has 0 saturated carbocycles. The lowest BCUT2D eigenvalue weighted by Gasteiger charge is -2.25. The summed E-state index contributed by atoms with van der Waals surface area (Å²) in [5.74, 6) is 0.287. The van der Waals surface area contributed by atoms with E-state index in [0.29, 0.717) is 12.5 Å². The van der Waals surface area contributed by atoms with Crippen LogP contribution in [0.15, 0.2) is 24.3 Å². The Morgan fingerprint density at radius 1 is 1.43 bits per heavy atom. The van der Waals surface area contributed by atoms with Gasteiger partial charge in [-0.3, -0.25) is 4.79 Å². The maximum Gasteiger partial charge on any atom is 0.222 e. The van der Waals surface area contributed by atoms with Crippen molar-refractivity contribution >= 4 is 29.9 Å². The van der Waals surface area contributed by atoms with E-state index >= 15 is 0 Å². The van der Waals surface area contributed by atoms with E-state index < -0.39 is 0 Å². The molecule has 0 spiro atoms. The monoisotopic (exact) mass is 330 g/mol. The van der Waals surface area contributed by atoms with Crippen molar-refractivity contribution in [3.05, 3.63) is 34.9 Å². The minimum Gasteiger partial charge on any atom is -0.339 e. The van der Waals surface area contributed by atoms with Crippen LogP contribution in [0.25, 0.3) is 0 Å². The second-order valence-corrected chi connectivity index (χ2v) is 5.79. The van der Waals surface area contributed by atoms with Crippen molar-refractivity contribution < 1.29 is 4.79 Å². The van der Waals surface area contributed by atoms with Crippen LogP contribution in [0.1, 0.15) is 31.2 Å². The van der Waals surface area contributed by atoms with Gasteiger partial charge in [0.1, 0.15) is 0 Å². The van der Waals surface area contributed by atoms with Crippen LogP contribution in [-0.4, -0.2) is 37.0 Å². The second-order valence-electron chi connectivity index (χ2n) is 5.39. The summed E-state index contributed by atoms with van der Waals surface area (Å²) in [5, 5.41) is 3.89. The van der Waals surface area contributed by atoms with Crippen molar-refractivity contribution in [2.24, 2.45) is 0 Å². The zero-order chi connectivity index (χ0) is 14.4. The van der Waals surface area contributed by atoms with Gasteiger partial charge in [-0.15, -0.1) is 12.4 Å². The number of benzene rings is 1. The van der Waals surface area contributed by atoms with Gasteiger partial charge in [-0.05, 0) is 50.9 Å². The van der Waals surface area contributed by atoms with E-state index in [4.69, 9.17) is 11.6 Å². The molecule has 5 heteroatoms. The highest BCUT2D eigenvalue weighted by Gasteiger charge is 2.28. The summed E-state index contributed by atoms with van der Waals surface area (Å²) in [5.41, 5.74) is 1.15. The van der Waals surface area contributed by atoms with Gasteiger partial charge >= 0.3 is 0 Å². The number of hydrogen-bond acceptors (Lipinski definition) is 2. The van der Waals surface area contributed by atoms with E-state index in [9.17, 15) is 4.79 Å². The summed E-state index contributed by atoms with van der Waals surface area (Å²) >= 11 is 6.22. The third-order valence-corrected chi connectivity index (χ3v) is 4.30. The molecule has 0 radical (unpaired) electrons. The van der Waals surface area contributed by atoms with E-state index in [1.54, 1.807) is 0 Å². The number of carbonyl (C=O) groups is 1. The molecule has 1 N–H and O–H groups in total. The Balaban J connectivity index is 0.00000220. The third-order valence-electron chi connectivity index (χ3n) is 3.93. The molecule has 0 bridgehead atoms. The third kappa shape index (κ3) is 5.17. The summed E-state index contributed by atoms with van der Waals surface area (Å²) in [4.78, 5) is 14.3. The Morgan fingerprint density at radius 3 is 2.90 bits per heavy atom. The molecule has 1 amide bonds. The fraction of sp³-hybridized carbons (Fsp3) is 0.562. The van der Waals surface area contributed by atoms with Gasteiger partial charge < -0.3 is 10.2 Å². The van der Waals surface area contributed by atoms with Crippen molar-refractivity contribution in [2.75, 3.05) is 20.1 Å². The highest BCUT2D eigenvalue weighted by molar-refractivity contribution is 6.31. The molecular formula is C16H24Cl2N2O. The molecule has 1 atom stereocenters. The molecular weight excluding hydrogens is 307 g/mol. The molecule has 118 valence electrons. The van der Waals surface area contributed by atoms with Crippen LogP contribution in [0.2, 0.25) is 5.02 Å². The summed E-state index contributed by atoms with van der Waals surface area (Å²) in [6.45, 7) is 1.79. The van der Waals surface area contributed by atoms with Crippen molar-refractivity contribution in [3.63, 3.8) is 0 Å². The molecule has 1 aromatic carbocycles. The van der Waals surface area contributed by atoms with Gasteiger partial charge in [-0.25, -0.2) is 0 Å². The van der Waals surface area contributed by atoms with Crippen LogP contribution in [0.4, 0.5) is 0 Å². The van der Waals surface area contributed by atoms with Crippen LogP contribution in [-0.2, 0) is 11.2 Å². The zero-order valence-electron chi connectivity index (χ0n) is 12.5. The summed E-state index contributed by atoms with van der Waals surface area (Å²) in [6.07, 6.45) is 4.61. The summed E-state index contributed by atoms with van der Waals surface area (Å²) in [6, 6.07) is 8.25. The maximum atomic E-state index is 12.3. The fourth-order valence-electron chi connectivity index (χ4n) is 2.85. The minimum atomic E-state index is 0. The second kappa shape index (κ2) is 9.29. The summed E-state index contributed by atoms with van der Waals surface area (Å²) < 4.78 is 0. The Kier molecular flexibility index (Phi) is 8.09. The van der Waals surface area contributed by atoms with Crippen LogP contribution >= 0.6 is 24.0 Å². The molecule has 2 rings (SSSR count). The molecule has 1 aliphatic heterocycles. The lowest BCUT2D eigenvalue weighted by molar-refractivity contribution is -0.132. The highest BCUT2D eigenvalue weighted by Crippen LogP contribution is 2.25. The van der Waals surface area contributed by atoms with E-state index in [2.05, 4.69) is 16.3 Å². The van der Waals surface area contributed by atoms with Crippen molar-refractivity contribution in [1.29, 1.82) is 0 Å². The van der Waals surface area contributed by atoms with Gasteiger partial charge in [0.25, 0.3) is 0 Å². The first-order chi connectivity index (χ1) is 9.72. The Hall–Kier alpha value is -0.770. The van der Waals surface area contributed by atoms with Crippen molar-refractivity contribution in [2.45, 2.75) is 38.1 Å². The Labute approximate surface area is 138 Å². The normalized spacial score (nSPS) is 17.6. The maximum absolute atomic E-state index is 12.3. The Bertz CT molecular complexity index is 454. The molecule has 1 fully saturated rings. The SMILES string of the molecule is CNCCCC(=O)N1CCCC1Cc1ccccc1Cl.Cl. The topological polar surface area (TPSA) is 32.3 Å². The largest absolute Gasteiger partial charge is 0.339 e. The van der Waals surface area contributed by atoms with Crippen molar-refractivity contribution in [3.8, 4) is 0 Å². The minimum absolute atomic E-state index is 0. The number of nitrogens with one attached hydrogen (secondary N) is 1. The molecule has 1 heterocycles. The molecule has 21 heavy (non-hydrogen) atoms. The molecule has 1 unspecified atom stereocenters. The van der Waals surface area contributed by atoms with E-state index in [0.717, 1.165) is 49.4 Å². The molecule has 0 aromatic heterocycles. The number of carbonyl (C=O) groups excluding carboxylic acids is 1. The summed E-state index contributed by atoms with van der Waals surface area (Å²) in [7, 11) is 1.92. The van der Waals surface area contributed by atoms with Gasteiger partial charge in [-0.2, -0.15) is 0 Å². The molecule has 3 nitrogen and oxygen atoms in total. The van der Waals surface area contributed by atoms with Crippen LogP contribution in [0.3, 0.4) is 0 Å². The number of amides is 1. The van der Waals surface area contributed by atoms with Gasteiger partial charge in [-0.1, -0.05) is 29.8 Å². The highest BCUT2D eigenvalue weighted by atomic mass is 35.5. The number of hydrogen-bond donors (Lipinski definition) is 1. The van der Waals surface area contributed by atoms with Gasteiger partial charge in [0.2, 0.25) is 5.91 Å². The van der Waals surface area contributed by atoms with E-state index in [1.807, 2.05) is 25.2 Å². The van der Waals surface area contributed by atoms with Crippen LogP contribution in [0, 0.1) is 0 Å². The van der Waals surface area contributed by atoms with Gasteiger partial charge in [0.05, 0.1) is 0 Å². The Morgan fingerprint density at radius 2 is 2.19 bits per heavy atom. The standard InChI is InChI=1S/C16H23ClN2O.ClH/c1-18-10-4-9-16(20)19-11-5-7-14(19)12-13-6-2-3-8-15(13)17;/h2-3,6,8,14,18H,4-5,7,9-12H2,1H3;1H. The smallest absolute Gasteiger partial charge is 0.222 e. The lowest BCUT2D eigenvalue weighted by atomic mass is 10.0. The fourth-order valence-corrected chi connectivity index (χ4v) is 3.07. The average molecular weight is 331 g/mol. The average Bonchev–Trinajstić information content (AvgIpc) is 2.90. The first-order valence-corrected chi connectivity index (χ1v) is 7.77. The van der Waals surface area contributed by atoms with Crippen molar-refractivity contribution in [1.82, 2.24) is 10.2 Å². The van der Waals surface area contributed by atoms with Crippen LogP contribution < -0.4 is 5.32 Å².